The van der Waals surface area contributed by atoms with Gasteiger partial charge in [0.2, 0.25) is 0 Å². The lowest BCUT2D eigenvalue weighted by Crippen LogP contribution is -2.27. The molecule has 0 aliphatic rings. The van der Waals surface area contributed by atoms with E-state index in [-0.39, 0.29) is 6.42 Å². The molecule has 2 aromatic rings. The van der Waals surface area contributed by atoms with Gasteiger partial charge in [-0.05, 0) is 19.9 Å². The molecule has 1 heterocycles. The monoisotopic (exact) mass is 309 g/mol. The molecule has 0 amide bonds. The number of rotatable bonds is 6. The van der Waals surface area contributed by atoms with Crippen molar-refractivity contribution >= 4 is 5.97 Å². The third-order valence-corrected chi connectivity index (χ3v) is 3.42. The van der Waals surface area contributed by atoms with Crippen LogP contribution < -0.4 is 0 Å². The fraction of sp³-hybridized carbons (Fsp3) is 0.263. The lowest BCUT2D eigenvalue weighted by atomic mass is 10.1. The van der Waals surface area contributed by atoms with Gasteiger partial charge in [0.15, 0.2) is 17.3 Å². The maximum atomic E-state index is 11.9. The van der Waals surface area contributed by atoms with Crippen molar-refractivity contribution in [1.82, 2.24) is 4.98 Å². The van der Waals surface area contributed by atoms with Crippen LogP contribution in [0.5, 0.6) is 0 Å². The molecule has 0 N–H and O–H groups in total. The second-order valence-electron chi connectivity index (χ2n) is 5.32. The van der Waals surface area contributed by atoms with E-state index in [1.165, 1.54) is 6.08 Å². The molecule has 4 heteroatoms. The summed E-state index contributed by atoms with van der Waals surface area (Å²) in [4.78, 5) is 16.2. The third kappa shape index (κ3) is 4.10. The van der Waals surface area contributed by atoms with Crippen LogP contribution in [0.2, 0.25) is 0 Å². The minimum absolute atomic E-state index is 0.138. The van der Waals surface area contributed by atoms with Gasteiger partial charge < -0.3 is 9.15 Å². The smallest absolute Gasteiger partial charge is 0.308 e. The highest BCUT2D eigenvalue weighted by Crippen LogP contribution is 2.24. The van der Waals surface area contributed by atoms with E-state index in [1.807, 2.05) is 37.3 Å². The summed E-state index contributed by atoms with van der Waals surface area (Å²) in [5.41, 5.74) is 0.663. The summed E-state index contributed by atoms with van der Waals surface area (Å²) in [7, 11) is 0. The summed E-state index contributed by atoms with van der Waals surface area (Å²) in [6.45, 7) is 7.06. The van der Waals surface area contributed by atoms with Crippen LogP contribution in [0.15, 0.2) is 47.4 Å². The molecule has 0 bridgehead atoms. The second-order valence-corrected chi connectivity index (χ2v) is 5.32. The van der Waals surface area contributed by atoms with Crippen molar-refractivity contribution < 1.29 is 13.9 Å². The van der Waals surface area contributed by atoms with Crippen molar-refractivity contribution in [3.8, 4) is 23.7 Å². The molecular formula is C19H19NO3. The van der Waals surface area contributed by atoms with Crippen LogP contribution in [0.25, 0.3) is 11.3 Å². The summed E-state index contributed by atoms with van der Waals surface area (Å²) >= 11 is 0. The van der Waals surface area contributed by atoms with Gasteiger partial charge in [0.1, 0.15) is 0 Å². The Balaban J connectivity index is 2.01. The SMILES string of the molecule is C#C[C@@](C)(C=C)OC(=O)CCc1nc(C)c(-c2ccccc2)o1. The van der Waals surface area contributed by atoms with Crippen LogP contribution in [0.4, 0.5) is 0 Å². The molecule has 0 spiro atoms. The predicted molar refractivity (Wildman–Crippen MR) is 88.5 cm³/mol. The average Bonchev–Trinajstić information content (AvgIpc) is 2.94. The molecular weight excluding hydrogens is 290 g/mol. The molecule has 4 nitrogen and oxygen atoms in total. The molecule has 23 heavy (non-hydrogen) atoms. The van der Waals surface area contributed by atoms with Crippen LogP contribution in [0, 0.1) is 19.3 Å². The van der Waals surface area contributed by atoms with Gasteiger partial charge in [-0.3, -0.25) is 4.79 Å². The summed E-state index contributed by atoms with van der Waals surface area (Å²) in [5.74, 6) is 3.19. The van der Waals surface area contributed by atoms with Gasteiger partial charge in [-0.1, -0.05) is 42.8 Å². The Morgan fingerprint density at radius 3 is 2.78 bits per heavy atom. The fourth-order valence-electron chi connectivity index (χ4n) is 2.04. The van der Waals surface area contributed by atoms with Crippen LogP contribution >= 0.6 is 0 Å². The van der Waals surface area contributed by atoms with Crippen LogP contribution in [-0.2, 0) is 16.0 Å². The summed E-state index contributed by atoms with van der Waals surface area (Å²) < 4.78 is 11.0. The molecule has 0 aliphatic heterocycles. The maximum absolute atomic E-state index is 11.9. The van der Waals surface area contributed by atoms with E-state index in [0.717, 1.165) is 11.3 Å². The minimum atomic E-state index is -1.08. The number of aromatic nitrogens is 1. The highest BCUT2D eigenvalue weighted by molar-refractivity contribution is 5.71. The summed E-state index contributed by atoms with van der Waals surface area (Å²) in [6.07, 6.45) is 7.25. The molecule has 1 aromatic carbocycles. The van der Waals surface area contributed by atoms with E-state index in [0.29, 0.717) is 18.1 Å². The largest absolute Gasteiger partial charge is 0.442 e. The van der Waals surface area contributed by atoms with Gasteiger partial charge in [-0.25, -0.2) is 4.98 Å². The number of benzene rings is 1. The van der Waals surface area contributed by atoms with Crippen molar-refractivity contribution in [3.05, 3.63) is 54.6 Å². The fourth-order valence-corrected chi connectivity index (χ4v) is 2.04. The lowest BCUT2D eigenvalue weighted by molar-refractivity contribution is -0.149. The summed E-state index contributed by atoms with van der Waals surface area (Å²) in [5, 5.41) is 0. The number of hydrogen-bond acceptors (Lipinski definition) is 4. The highest BCUT2D eigenvalue weighted by atomic mass is 16.6. The van der Waals surface area contributed by atoms with Gasteiger partial charge in [0.25, 0.3) is 0 Å². The Labute approximate surface area is 136 Å². The van der Waals surface area contributed by atoms with Gasteiger partial charge in [0, 0.05) is 12.0 Å². The van der Waals surface area contributed by atoms with E-state index < -0.39 is 11.6 Å². The zero-order valence-electron chi connectivity index (χ0n) is 13.3. The molecule has 0 aliphatic carbocycles. The van der Waals surface area contributed by atoms with Gasteiger partial charge in [0.05, 0.1) is 12.1 Å². The number of nitrogens with zero attached hydrogens (tertiary/aromatic N) is 1. The lowest BCUT2D eigenvalue weighted by Gasteiger charge is -2.19. The number of carbonyl (C=O) groups excluding carboxylic acids is 1. The number of aryl methyl sites for hydroxylation is 2. The number of terminal acetylenes is 1. The molecule has 2 rings (SSSR count). The van der Waals surface area contributed by atoms with Crippen molar-refractivity contribution in [2.45, 2.75) is 32.3 Å². The number of hydrogen-bond donors (Lipinski definition) is 0. The molecule has 0 unspecified atom stereocenters. The van der Waals surface area contributed by atoms with Gasteiger partial charge in [-0.15, -0.1) is 6.42 Å². The Hall–Kier alpha value is -2.80. The number of esters is 1. The van der Waals surface area contributed by atoms with E-state index in [4.69, 9.17) is 15.6 Å². The molecule has 0 saturated carbocycles. The quantitative estimate of drug-likeness (QED) is 0.464. The van der Waals surface area contributed by atoms with E-state index in [1.54, 1.807) is 6.92 Å². The Bertz CT molecular complexity index is 740. The molecule has 118 valence electrons. The molecule has 1 aromatic heterocycles. The van der Waals surface area contributed by atoms with Gasteiger partial charge >= 0.3 is 5.97 Å². The first-order valence-electron chi connectivity index (χ1n) is 7.32. The topological polar surface area (TPSA) is 52.3 Å². The third-order valence-electron chi connectivity index (χ3n) is 3.42. The number of carbonyl (C=O) groups is 1. The van der Waals surface area contributed by atoms with Crippen molar-refractivity contribution in [2.24, 2.45) is 0 Å². The standard InChI is InChI=1S/C19H19NO3/c1-5-19(4,6-2)23-17(21)13-12-16-20-14(3)18(22-16)15-10-8-7-9-11-15/h1,6-11H,2,12-13H2,3-4H3/t19-/m0/s1. The number of oxazole rings is 1. The molecule has 1 atom stereocenters. The highest BCUT2D eigenvalue weighted by Gasteiger charge is 2.22. The van der Waals surface area contributed by atoms with Crippen molar-refractivity contribution in [2.75, 3.05) is 0 Å². The van der Waals surface area contributed by atoms with Gasteiger partial charge in [-0.2, -0.15) is 0 Å². The predicted octanol–water partition coefficient (Wildman–Crippen LogP) is 3.70. The second kappa shape index (κ2) is 6.97. The average molecular weight is 309 g/mol. The summed E-state index contributed by atoms with van der Waals surface area (Å²) in [6, 6.07) is 9.71. The van der Waals surface area contributed by atoms with Crippen molar-refractivity contribution in [3.63, 3.8) is 0 Å². The molecule has 0 radical (unpaired) electrons. The molecule has 0 saturated heterocycles. The minimum Gasteiger partial charge on any atom is -0.442 e. The van der Waals surface area contributed by atoms with Crippen LogP contribution in [0.3, 0.4) is 0 Å². The van der Waals surface area contributed by atoms with Crippen LogP contribution in [-0.4, -0.2) is 16.6 Å². The Morgan fingerprint density at radius 2 is 2.17 bits per heavy atom. The van der Waals surface area contributed by atoms with E-state index >= 15 is 0 Å². The molecule has 0 fully saturated rings. The Kier molecular flexibility index (Phi) is 5.02. The van der Waals surface area contributed by atoms with E-state index in [9.17, 15) is 4.79 Å². The Morgan fingerprint density at radius 1 is 1.48 bits per heavy atom. The first kappa shape index (κ1) is 16.6. The zero-order valence-corrected chi connectivity index (χ0v) is 13.3. The normalized spacial score (nSPS) is 12.9. The zero-order chi connectivity index (χ0) is 16.9. The first-order valence-corrected chi connectivity index (χ1v) is 7.32. The first-order chi connectivity index (χ1) is 11.0. The van der Waals surface area contributed by atoms with Crippen LogP contribution in [0.1, 0.15) is 24.9 Å². The van der Waals surface area contributed by atoms with E-state index in [2.05, 4.69) is 17.5 Å². The maximum Gasteiger partial charge on any atom is 0.308 e. The van der Waals surface area contributed by atoms with Crippen molar-refractivity contribution in [1.29, 1.82) is 0 Å². The number of ether oxygens (including phenoxy) is 1.